The molecular formula is C19H27N3O3. The monoisotopic (exact) mass is 345 g/mol. The first-order valence-corrected chi connectivity index (χ1v) is 9.24. The van der Waals surface area contributed by atoms with Gasteiger partial charge < -0.3 is 15.0 Å². The summed E-state index contributed by atoms with van der Waals surface area (Å²) < 4.78 is 6.00. The Morgan fingerprint density at radius 3 is 3.00 bits per heavy atom. The first-order chi connectivity index (χ1) is 12.1. The van der Waals surface area contributed by atoms with Crippen molar-refractivity contribution < 1.29 is 14.3 Å². The maximum atomic E-state index is 12.1. The van der Waals surface area contributed by atoms with Crippen molar-refractivity contribution in [3.05, 3.63) is 30.1 Å². The summed E-state index contributed by atoms with van der Waals surface area (Å²) in [5.74, 6) is 0.551. The summed E-state index contributed by atoms with van der Waals surface area (Å²) in [4.78, 5) is 30.1. The molecule has 0 unspecified atom stereocenters. The Hall–Kier alpha value is -1.95. The predicted octanol–water partition coefficient (Wildman–Crippen LogP) is 2.01. The minimum Gasteiger partial charge on any atom is -0.371 e. The van der Waals surface area contributed by atoms with Crippen LogP contribution in [0.3, 0.4) is 0 Å². The van der Waals surface area contributed by atoms with E-state index in [1.54, 1.807) is 24.5 Å². The third-order valence-corrected chi connectivity index (χ3v) is 5.32. The smallest absolute Gasteiger partial charge is 0.252 e. The highest BCUT2D eigenvalue weighted by atomic mass is 16.5. The predicted molar refractivity (Wildman–Crippen MR) is 94.1 cm³/mol. The van der Waals surface area contributed by atoms with Crippen molar-refractivity contribution in [1.29, 1.82) is 0 Å². The van der Waals surface area contributed by atoms with Gasteiger partial charge in [-0.2, -0.15) is 0 Å². The molecule has 2 aliphatic rings. The fourth-order valence-electron chi connectivity index (χ4n) is 3.76. The van der Waals surface area contributed by atoms with Gasteiger partial charge in [0.25, 0.3) is 5.91 Å². The van der Waals surface area contributed by atoms with E-state index < -0.39 is 0 Å². The molecule has 0 bridgehead atoms. The van der Waals surface area contributed by atoms with Crippen LogP contribution in [0.1, 0.15) is 49.4 Å². The lowest BCUT2D eigenvalue weighted by molar-refractivity contribution is -0.165. The van der Waals surface area contributed by atoms with Gasteiger partial charge in [-0.15, -0.1) is 0 Å². The molecule has 2 fully saturated rings. The van der Waals surface area contributed by atoms with Gasteiger partial charge in [0.1, 0.15) is 5.60 Å². The Bertz CT molecular complexity index is 599. The fourth-order valence-corrected chi connectivity index (χ4v) is 3.76. The summed E-state index contributed by atoms with van der Waals surface area (Å²) >= 11 is 0. The van der Waals surface area contributed by atoms with Crippen LogP contribution in [-0.2, 0) is 9.53 Å². The third-order valence-electron chi connectivity index (χ3n) is 5.32. The van der Waals surface area contributed by atoms with Crippen LogP contribution >= 0.6 is 0 Å². The number of carbonyl (C=O) groups excluding carboxylic acids is 2. The normalized spacial score (nSPS) is 21.2. The van der Waals surface area contributed by atoms with Crippen LogP contribution < -0.4 is 5.32 Å². The van der Waals surface area contributed by atoms with Gasteiger partial charge in [0.2, 0.25) is 5.91 Å². The Kier molecular flexibility index (Phi) is 5.68. The van der Waals surface area contributed by atoms with E-state index >= 15 is 0 Å². The zero-order valence-corrected chi connectivity index (χ0v) is 14.9. The van der Waals surface area contributed by atoms with E-state index in [9.17, 15) is 9.59 Å². The lowest BCUT2D eigenvalue weighted by atomic mass is 9.78. The number of carbonyl (C=O) groups is 2. The maximum Gasteiger partial charge on any atom is 0.252 e. The molecule has 136 valence electrons. The average Bonchev–Trinajstić information content (AvgIpc) is 3.03. The first-order valence-electron chi connectivity index (χ1n) is 9.24. The van der Waals surface area contributed by atoms with Gasteiger partial charge in [0.05, 0.1) is 18.7 Å². The maximum absolute atomic E-state index is 12.1. The van der Waals surface area contributed by atoms with Crippen molar-refractivity contribution in [2.24, 2.45) is 5.92 Å². The van der Waals surface area contributed by atoms with Gasteiger partial charge in [-0.3, -0.25) is 14.6 Å². The third kappa shape index (κ3) is 4.00. The second-order valence-electron chi connectivity index (χ2n) is 7.04. The molecule has 6 heteroatoms. The Morgan fingerprint density at radius 2 is 2.28 bits per heavy atom. The second-order valence-corrected chi connectivity index (χ2v) is 7.04. The van der Waals surface area contributed by atoms with Crippen molar-refractivity contribution in [2.75, 3.05) is 26.2 Å². The Morgan fingerprint density at radius 1 is 1.44 bits per heavy atom. The highest BCUT2D eigenvalue weighted by Gasteiger charge is 2.53. The Labute approximate surface area is 148 Å². The van der Waals surface area contributed by atoms with Crippen LogP contribution in [0.5, 0.6) is 0 Å². The fraction of sp³-hybridized carbons (Fsp3) is 0.632. The van der Waals surface area contributed by atoms with Crippen LogP contribution in [0, 0.1) is 5.92 Å². The number of rotatable bonds is 7. The number of pyridine rings is 1. The van der Waals surface area contributed by atoms with E-state index in [0.29, 0.717) is 37.5 Å². The molecule has 0 aliphatic carbocycles. The number of hydrogen-bond acceptors (Lipinski definition) is 4. The minimum absolute atomic E-state index is 0.0916. The highest BCUT2D eigenvalue weighted by molar-refractivity contribution is 5.93. The quantitative estimate of drug-likeness (QED) is 0.820. The van der Waals surface area contributed by atoms with E-state index in [0.717, 1.165) is 32.3 Å². The molecule has 1 spiro atoms. The molecule has 1 N–H and O–H groups in total. The average molecular weight is 345 g/mol. The lowest BCUT2D eigenvalue weighted by Gasteiger charge is -2.50. The standard InChI is InChI=1S/C19H27N3O3/c1-2-3-6-17(23)22-13-19(14-22)16(8-11-25-19)7-10-21-18(24)15-5-4-9-20-12-15/h4-5,9,12,16H,2-3,6-8,10-11,13-14H2,1H3,(H,21,24)/t16-/m0/s1. The van der Waals surface area contributed by atoms with Crippen molar-refractivity contribution in [2.45, 2.75) is 44.6 Å². The molecule has 6 nitrogen and oxygen atoms in total. The minimum atomic E-state index is -0.180. The molecule has 25 heavy (non-hydrogen) atoms. The molecule has 1 aromatic rings. The first kappa shape index (κ1) is 17.9. The van der Waals surface area contributed by atoms with E-state index in [1.165, 1.54) is 0 Å². The molecule has 2 saturated heterocycles. The van der Waals surface area contributed by atoms with Gasteiger partial charge in [-0.1, -0.05) is 13.3 Å². The summed E-state index contributed by atoms with van der Waals surface area (Å²) in [5, 5.41) is 2.96. The number of aromatic nitrogens is 1. The summed E-state index contributed by atoms with van der Waals surface area (Å²) in [6.07, 6.45) is 7.73. The number of unbranched alkanes of at least 4 members (excludes halogenated alkanes) is 1. The van der Waals surface area contributed by atoms with Crippen LogP contribution in [0.2, 0.25) is 0 Å². The molecule has 0 radical (unpaired) electrons. The molecule has 3 rings (SSSR count). The molecule has 0 aromatic carbocycles. The van der Waals surface area contributed by atoms with E-state index in [4.69, 9.17) is 4.74 Å². The van der Waals surface area contributed by atoms with E-state index in [-0.39, 0.29) is 17.4 Å². The SMILES string of the molecule is CCCCC(=O)N1CC2(C1)OCC[C@@H]2CCNC(=O)c1cccnc1. The van der Waals surface area contributed by atoms with Gasteiger partial charge in [-0.05, 0) is 37.3 Å². The van der Waals surface area contributed by atoms with Crippen LogP contribution in [0.4, 0.5) is 0 Å². The zero-order valence-electron chi connectivity index (χ0n) is 14.9. The largest absolute Gasteiger partial charge is 0.371 e. The van der Waals surface area contributed by atoms with Gasteiger partial charge in [0.15, 0.2) is 0 Å². The van der Waals surface area contributed by atoms with Crippen LogP contribution in [0.15, 0.2) is 24.5 Å². The van der Waals surface area contributed by atoms with Gasteiger partial charge in [-0.25, -0.2) is 0 Å². The van der Waals surface area contributed by atoms with Gasteiger partial charge in [0, 0.05) is 32.0 Å². The van der Waals surface area contributed by atoms with Crippen molar-refractivity contribution >= 4 is 11.8 Å². The summed E-state index contributed by atoms with van der Waals surface area (Å²) in [6.45, 7) is 4.87. The lowest BCUT2D eigenvalue weighted by Crippen LogP contribution is -2.66. The molecule has 0 saturated carbocycles. The summed E-state index contributed by atoms with van der Waals surface area (Å²) in [7, 11) is 0. The number of nitrogens with zero attached hydrogens (tertiary/aromatic N) is 2. The van der Waals surface area contributed by atoms with E-state index in [2.05, 4.69) is 17.2 Å². The van der Waals surface area contributed by atoms with Crippen LogP contribution in [0.25, 0.3) is 0 Å². The zero-order chi connectivity index (χ0) is 17.7. The number of amides is 2. The number of nitrogens with one attached hydrogen (secondary N) is 1. The van der Waals surface area contributed by atoms with Crippen molar-refractivity contribution in [3.8, 4) is 0 Å². The molecule has 1 aromatic heterocycles. The molecule has 2 aliphatic heterocycles. The number of hydrogen-bond donors (Lipinski definition) is 1. The number of ether oxygens (including phenoxy) is 1. The summed E-state index contributed by atoms with van der Waals surface area (Å²) in [6, 6.07) is 3.52. The molecule has 2 amide bonds. The summed E-state index contributed by atoms with van der Waals surface area (Å²) in [5.41, 5.74) is 0.400. The second kappa shape index (κ2) is 7.95. The van der Waals surface area contributed by atoms with E-state index in [1.807, 2.05) is 4.90 Å². The highest BCUT2D eigenvalue weighted by Crippen LogP contribution is 2.41. The van der Waals surface area contributed by atoms with Gasteiger partial charge >= 0.3 is 0 Å². The van der Waals surface area contributed by atoms with Crippen molar-refractivity contribution in [1.82, 2.24) is 15.2 Å². The molecule has 3 heterocycles. The Balaban J connectivity index is 1.44. The molecular weight excluding hydrogens is 318 g/mol. The van der Waals surface area contributed by atoms with Crippen LogP contribution in [-0.4, -0.2) is 53.5 Å². The van der Waals surface area contributed by atoms with Crippen molar-refractivity contribution in [3.63, 3.8) is 0 Å². The molecule has 1 atom stereocenters. The topological polar surface area (TPSA) is 71.5 Å². The number of likely N-dealkylation sites (tertiary alicyclic amines) is 1.